The highest BCUT2D eigenvalue weighted by Gasteiger charge is 2.11. The SMILES string of the molecule is C=CCCCN(C)C(=O)CCc1cc(OC)ccc1OC. The Kier molecular flexibility index (Phi) is 7.37. The number of methoxy groups -OCH3 is 2. The third-order valence-electron chi connectivity index (χ3n) is 3.42. The molecule has 0 unspecified atom stereocenters. The maximum Gasteiger partial charge on any atom is 0.222 e. The minimum Gasteiger partial charge on any atom is -0.497 e. The molecule has 0 spiro atoms. The van der Waals surface area contributed by atoms with Gasteiger partial charge in [-0.1, -0.05) is 6.08 Å². The second-order valence-corrected chi connectivity index (χ2v) is 4.92. The van der Waals surface area contributed by atoms with E-state index in [0.29, 0.717) is 12.8 Å². The van der Waals surface area contributed by atoms with E-state index in [9.17, 15) is 4.79 Å². The highest BCUT2D eigenvalue weighted by atomic mass is 16.5. The van der Waals surface area contributed by atoms with Crippen molar-refractivity contribution in [3.05, 3.63) is 36.4 Å². The standard InChI is InChI=1S/C17H25NO3/c1-5-6-7-12-18(2)17(19)11-8-14-13-15(20-3)9-10-16(14)21-4/h5,9-10,13H,1,6-8,11-12H2,2-4H3. The van der Waals surface area contributed by atoms with Gasteiger partial charge in [0.2, 0.25) is 5.91 Å². The van der Waals surface area contributed by atoms with Crippen molar-refractivity contribution in [1.29, 1.82) is 0 Å². The van der Waals surface area contributed by atoms with Crippen LogP contribution in [0.4, 0.5) is 0 Å². The van der Waals surface area contributed by atoms with Crippen LogP contribution in [0.3, 0.4) is 0 Å². The summed E-state index contributed by atoms with van der Waals surface area (Å²) in [5.41, 5.74) is 0.990. The zero-order chi connectivity index (χ0) is 15.7. The molecule has 0 saturated heterocycles. The quantitative estimate of drug-likeness (QED) is 0.518. The molecule has 0 heterocycles. The lowest BCUT2D eigenvalue weighted by Gasteiger charge is -2.17. The first-order valence-electron chi connectivity index (χ1n) is 7.18. The third-order valence-corrected chi connectivity index (χ3v) is 3.42. The molecule has 1 aromatic carbocycles. The van der Waals surface area contributed by atoms with Gasteiger partial charge in [-0.15, -0.1) is 6.58 Å². The summed E-state index contributed by atoms with van der Waals surface area (Å²) in [7, 11) is 5.10. The van der Waals surface area contributed by atoms with Crippen LogP contribution in [0.15, 0.2) is 30.9 Å². The van der Waals surface area contributed by atoms with Crippen LogP contribution in [-0.2, 0) is 11.2 Å². The predicted molar refractivity (Wildman–Crippen MR) is 84.9 cm³/mol. The average molecular weight is 291 g/mol. The Morgan fingerprint density at radius 1 is 1.33 bits per heavy atom. The second kappa shape index (κ2) is 9.06. The summed E-state index contributed by atoms with van der Waals surface area (Å²) in [5, 5.41) is 0. The fourth-order valence-electron chi connectivity index (χ4n) is 2.11. The van der Waals surface area contributed by atoms with Gasteiger partial charge in [0.25, 0.3) is 0 Å². The number of rotatable bonds is 9. The molecular formula is C17H25NO3. The summed E-state index contributed by atoms with van der Waals surface area (Å²) in [6.45, 7) is 4.45. The van der Waals surface area contributed by atoms with Gasteiger partial charge in [0, 0.05) is 20.0 Å². The zero-order valence-corrected chi connectivity index (χ0v) is 13.2. The van der Waals surface area contributed by atoms with Gasteiger partial charge >= 0.3 is 0 Å². The van der Waals surface area contributed by atoms with Crippen LogP contribution < -0.4 is 9.47 Å². The number of aryl methyl sites for hydroxylation is 1. The number of unbranched alkanes of at least 4 members (excludes halogenated alkanes) is 1. The Bertz CT molecular complexity index is 471. The van der Waals surface area contributed by atoms with E-state index >= 15 is 0 Å². The van der Waals surface area contributed by atoms with Gasteiger partial charge < -0.3 is 14.4 Å². The van der Waals surface area contributed by atoms with Crippen molar-refractivity contribution < 1.29 is 14.3 Å². The molecule has 0 aliphatic carbocycles. The molecule has 0 radical (unpaired) electrons. The summed E-state index contributed by atoms with van der Waals surface area (Å²) in [4.78, 5) is 13.9. The van der Waals surface area contributed by atoms with Crippen molar-refractivity contribution >= 4 is 5.91 Å². The van der Waals surface area contributed by atoms with E-state index in [-0.39, 0.29) is 5.91 Å². The molecule has 1 aromatic rings. The van der Waals surface area contributed by atoms with E-state index in [1.54, 1.807) is 19.1 Å². The molecular weight excluding hydrogens is 266 g/mol. The van der Waals surface area contributed by atoms with Gasteiger partial charge in [-0.2, -0.15) is 0 Å². The van der Waals surface area contributed by atoms with Crippen LogP contribution >= 0.6 is 0 Å². The maximum absolute atomic E-state index is 12.1. The monoisotopic (exact) mass is 291 g/mol. The molecule has 0 atom stereocenters. The molecule has 0 aromatic heterocycles. The summed E-state index contributed by atoms with van der Waals surface area (Å²) in [6.07, 6.45) is 4.87. The molecule has 1 amide bonds. The third kappa shape index (κ3) is 5.50. The number of hydrogen-bond donors (Lipinski definition) is 0. The molecule has 0 bridgehead atoms. The van der Waals surface area contributed by atoms with Gasteiger partial charge in [-0.3, -0.25) is 4.79 Å². The van der Waals surface area contributed by atoms with Crippen LogP contribution in [0.25, 0.3) is 0 Å². The van der Waals surface area contributed by atoms with Gasteiger partial charge in [-0.05, 0) is 43.0 Å². The van der Waals surface area contributed by atoms with E-state index in [1.807, 2.05) is 31.3 Å². The van der Waals surface area contributed by atoms with Crippen LogP contribution in [0.1, 0.15) is 24.8 Å². The van der Waals surface area contributed by atoms with E-state index in [1.165, 1.54) is 0 Å². The van der Waals surface area contributed by atoms with Gasteiger partial charge in [0.05, 0.1) is 14.2 Å². The first kappa shape index (κ1) is 17.1. The molecule has 0 aliphatic heterocycles. The molecule has 116 valence electrons. The molecule has 4 heteroatoms. The number of carbonyl (C=O) groups is 1. The number of allylic oxidation sites excluding steroid dienone is 1. The highest BCUT2D eigenvalue weighted by Crippen LogP contribution is 2.25. The van der Waals surface area contributed by atoms with E-state index in [4.69, 9.17) is 9.47 Å². The smallest absolute Gasteiger partial charge is 0.222 e. The highest BCUT2D eigenvalue weighted by molar-refractivity contribution is 5.76. The van der Waals surface area contributed by atoms with Crippen LogP contribution in [-0.4, -0.2) is 38.6 Å². The molecule has 0 N–H and O–H groups in total. The van der Waals surface area contributed by atoms with E-state index < -0.39 is 0 Å². The topological polar surface area (TPSA) is 38.8 Å². The number of ether oxygens (including phenoxy) is 2. The fourth-order valence-corrected chi connectivity index (χ4v) is 2.11. The lowest BCUT2D eigenvalue weighted by molar-refractivity contribution is -0.129. The number of hydrogen-bond acceptors (Lipinski definition) is 3. The zero-order valence-electron chi connectivity index (χ0n) is 13.2. The minimum atomic E-state index is 0.143. The molecule has 1 rings (SSSR count). The Morgan fingerprint density at radius 2 is 2.10 bits per heavy atom. The van der Waals surface area contributed by atoms with Crippen molar-refractivity contribution in [2.24, 2.45) is 0 Å². The first-order valence-corrected chi connectivity index (χ1v) is 7.18. The first-order chi connectivity index (χ1) is 10.1. The van der Waals surface area contributed by atoms with Gasteiger partial charge in [0.1, 0.15) is 11.5 Å². The summed E-state index contributed by atoms with van der Waals surface area (Å²) in [6, 6.07) is 5.64. The van der Waals surface area contributed by atoms with Crippen LogP contribution in [0.2, 0.25) is 0 Å². The second-order valence-electron chi connectivity index (χ2n) is 4.92. The molecule has 0 fully saturated rings. The average Bonchev–Trinajstić information content (AvgIpc) is 2.52. The molecule has 0 saturated carbocycles. The van der Waals surface area contributed by atoms with Gasteiger partial charge in [0.15, 0.2) is 0 Å². The van der Waals surface area contributed by atoms with Crippen molar-refractivity contribution in [3.8, 4) is 11.5 Å². The summed E-state index contributed by atoms with van der Waals surface area (Å²) in [5.74, 6) is 1.71. The van der Waals surface area contributed by atoms with E-state index in [2.05, 4.69) is 6.58 Å². The number of nitrogens with zero attached hydrogens (tertiary/aromatic N) is 1. The minimum absolute atomic E-state index is 0.143. The summed E-state index contributed by atoms with van der Waals surface area (Å²) >= 11 is 0. The van der Waals surface area contributed by atoms with E-state index in [0.717, 1.165) is 36.4 Å². The number of amides is 1. The molecule has 4 nitrogen and oxygen atoms in total. The molecule has 21 heavy (non-hydrogen) atoms. The summed E-state index contributed by atoms with van der Waals surface area (Å²) < 4.78 is 10.5. The van der Waals surface area contributed by atoms with Gasteiger partial charge in [-0.25, -0.2) is 0 Å². The Labute approximate surface area is 127 Å². The lowest BCUT2D eigenvalue weighted by atomic mass is 10.1. The predicted octanol–water partition coefficient (Wildman–Crippen LogP) is 3.06. The van der Waals surface area contributed by atoms with Crippen LogP contribution in [0.5, 0.6) is 11.5 Å². The Morgan fingerprint density at radius 3 is 2.71 bits per heavy atom. The van der Waals surface area contributed by atoms with Crippen molar-refractivity contribution in [2.75, 3.05) is 27.8 Å². The fraction of sp³-hybridized carbons (Fsp3) is 0.471. The molecule has 0 aliphatic rings. The lowest BCUT2D eigenvalue weighted by Crippen LogP contribution is -2.27. The van der Waals surface area contributed by atoms with Crippen molar-refractivity contribution in [2.45, 2.75) is 25.7 Å². The number of benzene rings is 1. The van der Waals surface area contributed by atoms with Crippen molar-refractivity contribution in [1.82, 2.24) is 4.90 Å². The largest absolute Gasteiger partial charge is 0.497 e. The Balaban J connectivity index is 2.57. The van der Waals surface area contributed by atoms with Crippen LogP contribution in [0, 0.1) is 0 Å². The van der Waals surface area contributed by atoms with Crippen molar-refractivity contribution in [3.63, 3.8) is 0 Å². The number of carbonyl (C=O) groups excluding carboxylic acids is 1. The normalized spacial score (nSPS) is 10.0. The maximum atomic E-state index is 12.1. The Hall–Kier alpha value is -1.97.